The number of carbonyl (C=O) groups is 1. The first-order valence-electron chi connectivity index (χ1n) is 7.11. The van der Waals surface area contributed by atoms with Crippen LogP contribution in [-0.2, 0) is 13.0 Å². The molecule has 4 nitrogen and oxygen atoms in total. The first kappa shape index (κ1) is 16.5. The second kappa shape index (κ2) is 7.29. The molecule has 0 radical (unpaired) electrons. The van der Waals surface area contributed by atoms with Gasteiger partial charge in [0.1, 0.15) is 0 Å². The quantitative estimate of drug-likeness (QED) is 0.775. The summed E-state index contributed by atoms with van der Waals surface area (Å²) in [5, 5.41) is 15.4. The number of aryl methyl sites for hydroxylation is 1. The van der Waals surface area contributed by atoms with Gasteiger partial charge >= 0.3 is 6.03 Å². The predicted octanol–water partition coefficient (Wildman–Crippen LogP) is 2.46. The highest BCUT2D eigenvalue weighted by atomic mass is 16.3. The molecule has 3 N–H and O–H groups in total. The summed E-state index contributed by atoms with van der Waals surface area (Å²) in [6.07, 6.45) is 0.388. The van der Waals surface area contributed by atoms with Crippen molar-refractivity contribution in [2.75, 3.05) is 6.54 Å². The molecule has 1 aromatic rings. The molecule has 1 unspecified atom stereocenters. The summed E-state index contributed by atoms with van der Waals surface area (Å²) in [5.74, 6) is 0. The molecule has 0 aromatic heterocycles. The fourth-order valence-electron chi connectivity index (χ4n) is 1.81. The van der Waals surface area contributed by atoms with Crippen molar-refractivity contribution in [3.05, 3.63) is 35.4 Å². The minimum absolute atomic E-state index is 0.234. The van der Waals surface area contributed by atoms with Crippen LogP contribution in [0.25, 0.3) is 0 Å². The van der Waals surface area contributed by atoms with Crippen molar-refractivity contribution in [3.63, 3.8) is 0 Å². The van der Waals surface area contributed by atoms with Gasteiger partial charge < -0.3 is 15.7 Å². The second-order valence-electron chi connectivity index (χ2n) is 6.07. The number of hydrogen-bond acceptors (Lipinski definition) is 2. The van der Waals surface area contributed by atoms with E-state index in [0.29, 0.717) is 6.54 Å². The first-order chi connectivity index (χ1) is 9.34. The van der Waals surface area contributed by atoms with Gasteiger partial charge in [0, 0.05) is 13.1 Å². The maximum atomic E-state index is 11.7. The molecule has 1 rings (SSSR count). The van der Waals surface area contributed by atoms with E-state index in [1.807, 2.05) is 39.0 Å². The van der Waals surface area contributed by atoms with E-state index in [9.17, 15) is 9.90 Å². The molecule has 0 bridgehead atoms. The number of rotatable bonds is 5. The third-order valence-corrected chi connectivity index (χ3v) is 3.39. The fourth-order valence-corrected chi connectivity index (χ4v) is 1.81. The zero-order chi connectivity index (χ0) is 15.2. The van der Waals surface area contributed by atoms with E-state index in [-0.39, 0.29) is 18.0 Å². The molecule has 1 atom stereocenters. The van der Waals surface area contributed by atoms with Gasteiger partial charge in [0.25, 0.3) is 0 Å². The average Bonchev–Trinajstić information content (AvgIpc) is 2.41. The van der Waals surface area contributed by atoms with E-state index in [1.54, 1.807) is 0 Å². The smallest absolute Gasteiger partial charge is 0.315 e. The summed E-state index contributed by atoms with van der Waals surface area (Å²) in [6, 6.07) is 7.81. The minimum atomic E-state index is -0.559. The number of aliphatic hydroxyl groups is 1. The largest absolute Gasteiger partial charge is 0.391 e. The van der Waals surface area contributed by atoms with E-state index >= 15 is 0 Å². The molecule has 20 heavy (non-hydrogen) atoms. The Morgan fingerprint density at radius 1 is 1.20 bits per heavy atom. The van der Waals surface area contributed by atoms with Crippen molar-refractivity contribution in [3.8, 4) is 0 Å². The fraction of sp³-hybridized carbons (Fsp3) is 0.562. The molecule has 112 valence electrons. The van der Waals surface area contributed by atoms with Crippen LogP contribution in [0.3, 0.4) is 0 Å². The number of amides is 2. The Balaban J connectivity index is 2.40. The zero-order valence-electron chi connectivity index (χ0n) is 12.9. The number of urea groups is 1. The summed E-state index contributed by atoms with van der Waals surface area (Å²) in [7, 11) is 0. The predicted molar refractivity (Wildman–Crippen MR) is 81.5 cm³/mol. The lowest BCUT2D eigenvalue weighted by atomic mass is 9.89. The number of aliphatic hydroxyl groups excluding tert-OH is 1. The molecule has 0 fully saturated rings. The van der Waals surface area contributed by atoms with Crippen LogP contribution in [0.4, 0.5) is 4.79 Å². The van der Waals surface area contributed by atoms with Crippen molar-refractivity contribution >= 4 is 6.03 Å². The third kappa shape index (κ3) is 5.21. The molecule has 4 heteroatoms. The summed E-state index contributed by atoms with van der Waals surface area (Å²) in [4.78, 5) is 11.7. The highest BCUT2D eigenvalue weighted by Gasteiger charge is 2.22. The second-order valence-corrected chi connectivity index (χ2v) is 6.07. The number of hydrogen-bond donors (Lipinski definition) is 3. The number of nitrogens with one attached hydrogen (secondary N) is 2. The van der Waals surface area contributed by atoms with Crippen LogP contribution < -0.4 is 10.6 Å². The van der Waals surface area contributed by atoms with E-state index in [0.717, 1.165) is 12.0 Å². The van der Waals surface area contributed by atoms with Gasteiger partial charge in [0.05, 0.1) is 6.10 Å². The van der Waals surface area contributed by atoms with Gasteiger partial charge in [-0.15, -0.1) is 0 Å². The van der Waals surface area contributed by atoms with Gasteiger partial charge in [-0.2, -0.15) is 0 Å². The van der Waals surface area contributed by atoms with Crippen LogP contribution in [0.5, 0.6) is 0 Å². The van der Waals surface area contributed by atoms with Crippen LogP contribution in [0.2, 0.25) is 0 Å². The lowest BCUT2D eigenvalue weighted by molar-refractivity contribution is 0.0650. The zero-order valence-corrected chi connectivity index (χ0v) is 12.9. The topological polar surface area (TPSA) is 61.4 Å². The summed E-state index contributed by atoms with van der Waals surface area (Å²) in [6.45, 7) is 8.67. The lowest BCUT2D eigenvalue weighted by Crippen LogP contribution is -2.43. The van der Waals surface area contributed by atoms with Crippen molar-refractivity contribution in [1.29, 1.82) is 0 Å². The van der Waals surface area contributed by atoms with Gasteiger partial charge in [-0.05, 0) is 23.0 Å². The molecular weight excluding hydrogens is 252 g/mol. The Labute approximate surface area is 121 Å². The highest BCUT2D eigenvalue weighted by molar-refractivity contribution is 5.73. The maximum absolute atomic E-state index is 11.7. The minimum Gasteiger partial charge on any atom is -0.391 e. The van der Waals surface area contributed by atoms with Crippen molar-refractivity contribution in [2.24, 2.45) is 5.41 Å². The Morgan fingerprint density at radius 2 is 1.80 bits per heavy atom. The van der Waals surface area contributed by atoms with Crippen LogP contribution >= 0.6 is 0 Å². The lowest BCUT2D eigenvalue weighted by Gasteiger charge is -2.25. The van der Waals surface area contributed by atoms with Crippen molar-refractivity contribution in [1.82, 2.24) is 10.6 Å². The van der Waals surface area contributed by atoms with Gasteiger partial charge in [-0.25, -0.2) is 4.79 Å². The van der Waals surface area contributed by atoms with E-state index in [1.165, 1.54) is 5.56 Å². The van der Waals surface area contributed by atoms with Gasteiger partial charge in [-0.1, -0.05) is 52.0 Å². The summed E-state index contributed by atoms with van der Waals surface area (Å²) in [5.41, 5.74) is 2.13. The Morgan fingerprint density at radius 3 is 2.35 bits per heavy atom. The molecule has 1 aromatic carbocycles. The molecule has 0 saturated carbocycles. The van der Waals surface area contributed by atoms with E-state index in [4.69, 9.17) is 0 Å². The Hall–Kier alpha value is -1.55. The standard InChI is InChI=1S/C16H26N2O2/c1-5-12-8-6-7-9-13(12)10-17-15(20)18-11-14(19)16(2,3)4/h6-9,14,19H,5,10-11H2,1-4H3,(H2,17,18,20). The molecule has 0 spiro atoms. The SMILES string of the molecule is CCc1ccccc1CNC(=O)NCC(O)C(C)(C)C. The summed E-state index contributed by atoms with van der Waals surface area (Å²) < 4.78 is 0. The van der Waals surface area contributed by atoms with Crippen LogP contribution in [0.1, 0.15) is 38.8 Å². The average molecular weight is 278 g/mol. The molecule has 0 aliphatic carbocycles. The van der Waals surface area contributed by atoms with E-state index < -0.39 is 6.10 Å². The highest BCUT2D eigenvalue weighted by Crippen LogP contribution is 2.18. The Kier molecular flexibility index (Phi) is 6.02. The summed E-state index contributed by atoms with van der Waals surface area (Å²) >= 11 is 0. The maximum Gasteiger partial charge on any atom is 0.315 e. The van der Waals surface area contributed by atoms with Crippen LogP contribution in [0, 0.1) is 5.41 Å². The van der Waals surface area contributed by atoms with Crippen LogP contribution in [-0.4, -0.2) is 23.8 Å². The molecule has 0 heterocycles. The van der Waals surface area contributed by atoms with Gasteiger partial charge in [0.15, 0.2) is 0 Å². The Bertz CT molecular complexity index is 438. The van der Waals surface area contributed by atoms with Crippen LogP contribution in [0.15, 0.2) is 24.3 Å². The number of carbonyl (C=O) groups excluding carboxylic acids is 1. The third-order valence-electron chi connectivity index (χ3n) is 3.39. The van der Waals surface area contributed by atoms with E-state index in [2.05, 4.69) is 23.6 Å². The van der Waals surface area contributed by atoms with Gasteiger partial charge in [-0.3, -0.25) is 0 Å². The molecule has 0 aliphatic rings. The molecule has 2 amide bonds. The molecular formula is C16H26N2O2. The molecule has 0 saturated heterocycles. The normalized spacial score (nSPS) is 12.8. The van der Waals surface area contributed by atoms with Gasteiger partial charge in [0.2, 0.25) is 0 Å². The number of benzene rings is 1. The first-order valence-corrected chi connectivity index (χ1v) is 7.11. The molecule has 0 aliphatic heterocycles. The van der Waals surface area contributed by atoms with Crippen molar-refractivity contribution in [2.45, 2.75) is 46.8 Å². The van der Waals surface area contributed by atoms with Crippen molar-refractivity contribution < 1.29 is 9.90 Å². The monoisotopic (exact) mass is 278 g/mol.